The van der Waals surface area contributed by atoms with E-state index in [0.717, 1.165) is 24.7 Å². The number of hydrogen-bond donors (Lipinski definition) is 0. The number of halogens is 1. The Balaban J connectivity index is 2.09. The van der Waals surface area contributed by atoms with E-state index in [1.807, 2.05) is 6.08 Å². The maximum atomic E-state index is 3.85. The van der Waals surface area contributed by atoms with Crippen molar-refractivity contribution in [1.82, 2.24) is 0 Å². The fraction of sp³-hybridized carbons (Fsp3) is 0.474. The number of allylic oxidation sites excluding steroid dienone is 9. The highest BCUT2D eigenvalue weighted by molar-refractivity contribution is 14.1. The van der Waals surface area contributed by atoms with Crippen molar-refractivity contribution in [1.29, 1.82) is 0 Å². The Hall–Kier alpha value is -0.570. The highest BCUT2D eigenvalue weighted by Crippen LogP contribution is 2.39. The van der Waals surface area contributed by atoms with Crippen molar-refractivity contribution in [3.63, 3.8) is 0 Å². The zero-order chi connectivity index (χ0) is 14.4. The van der Waals surface area contributed by atoms with Crippen molar-refractivity contribution in [3.8, 4) is 0 Å². The SMILES string of the molecule is C=CCC/C(=C\C)C1=CC(I)=CC(C2CC=CCC2)C1. The minimum absolute atomic E-state index is 0.727. The Kier molecular flexibility index (Phi) is 6.34. The fourth-order valence-corrected chi connectivity index (χ4v) is 4.11. The summed E-state index contributed by atoms with van der Waals surface area (Å²) in [6.45, 7) is 6.02. The molecule has 0 bridgehead atoms. The third-order valence-electron chi connectivity index (χ3n) is 4.43. The molecule has 0 radical (unpaired) electrons. The van der Waals surface area contributed by atoms with Crippen LogP contribution in [0.1, 0.15) is 45.4 Å². The molecule has 0 nitrogen and oxygen atoms in total. The van der Waals surface area contributed by atoms with Gasteiger partial charge in [-0.05, 0) is 97.1 Å². The van der Waals surface area contributed by atoms with Gasteiger partial charge in [-0.15, -0.1) is 6.58 Å². The molecule has 20 heavy (non-hydrogen) atoms. The number of rotatable bonds is 5. The Bertz CT molecular complexity index is 462. The summed E-state index contributed by atoms with van der Waals surface area (Å²) in [6, 6.07) is 0. The van der Waals surface area contributed by atoms with Crippen LogP contribution in [0, 0.1) is 11.8 Å². The molecule has 0 aliphatic heterocycles. The summed E-state index contributed by atoms with van der Waals surface area (Å²) in [6.07, 6.45) is 21.2. The van der Waals surface area contributed by atoms with E-state index in [-0.39, 0.29) is 0 Å². The minimum Gasteiger partial charge on any atom is -0.103 e. The van der Waals surface area contributed by atoms with Crippen molar-refractivity contribution in [2.45, 2.75) is 45.4 Å². The Morgan fingerprint density at radius 3 is 2.95 bits per heavy atom. The van der Waals surface area contributed by atoms with Gasteiger partial charge in [0.15, 0.2) is 0 Å². The van der Waals surface area contributed by atoms with Crippen molar-refractivity contribution >= 4 is 22.6 Å². The minimum atomic E-state index is 0.727. The van der Waals surface area contributed by atoms with Crippen molar-refractivity contribution < 1.29 is 0 Å². The molecule has 2 rings (SSSR count). The third kappa shape index (κ3) is 4.21. The first-order valence-electron chi connectivity index (χ1n) is 7.74. The maximum absolute atomic E-state index is 3.85. The first kappa shape index (κ1) is 15.8. The van der Waals surface area contributed by atoms with Gasteiger partial charge in [0.25, 0.3) is 0 Å². The third-order valence-corrected chi connectivity index (χ3v) is 5.11. The molecule has 0 amide bonds. The van der Waals surface area contributed by atoms with Crippen molar-refractivity contribution in [3.05, 3.63) is 57.8 Å². The topological polar surface area (TPSA) is 0 Å². The largest absolute Gasteiger partial charge is 0.103 e. The lowest BCUT2D eigenvalue weighted by atomic mass is 9.76. The van der Waals surface area contributed by atoms with Crippen LogP contribution in [0.5, 0.6) is 0 Å². The van der Waals surface area contributed by atoms with Gasteiger partial charge in [0.05, 0.1) is 0 Å². The molecule has 0 aromatic rings. The lowest BCUT2D eigenvalue weighted by Gasteiger charge is -2.30. The first-order valence-corrected chi connectivity index (χ1v) is 8.81. The normalized spacial score (nSPS) is 27.0. The molecule has 2 aliphatic rings. The van der Waals surface area contributed by atoms with Crippen LogP contribution in [-0.2, 0) is 0 Å². The van der Waals surface area contributed by atoms with Gasteiger partial charge in [-0.3, -0.25) is 0 Å². The highest BCUT2D eigenvalue weighted by Gasteiger charge is 2.24. The van der Waals surface area contributed by atoms with E-state index < -0.39 is 0 Å². The van der Waals surface area contributed by atoms with Crippen LogP contribution in [0.15, 0.2) is 57.8 Å². The van der Waals surface area contributed by atoms with Crippen molar-refractivity contribution in [2.24, 2.45) is 11.8 Å². The summed E-state index contributed by atoms with van der Waals surface area (Å²) in [5, 5.41) is 0. The monoisotopic (exact) mass is 380 g/mol. The van der Waals surface area contributed by atoms with Crippen LogP contribution in [0.4, 0.5) is 0 Å². The molecule has 0 saturated heterocycles. The molecule has 108 valence electrons. The van der Waals surface area contributed by atoms with E-state index in [4.69, 9.17) is 0 Å². The summed E-state index contributed by atoms with van der Waals surface area (Å²) >= 11 is 2.49. The molecular formula is C19H25I. The summed E-state index contributed by atoms with van der Waals surface area (Å²) in [4.78, 5) is 0. The molecule has 2 unspecified atom stereocenters. The van der Waals surface area contributed by atoms with E-state index in [0.29, 0.717) is 0 Å². The van der Waals surface area contributed by atoms with Gasteiger partial charge in [0.1, 0.15) is 0 Å². The predicted molar refractivity (Wildman–Crippen MR) is 98.0 cm³/mol. The van der Waals surface area contributed by atoms with E-state index in [1.54, 1.807) is 5.57 Å². The standard InChI is InChI=1S/C19H25I/c1-3-5-9-15(4-2)17-12-18(14-19(20)13-17)16-10-7-6-8-11-16/h3-4,6-7,13-14,16,18H,1,5,8-12H2,2H3/b15-4+. The second kappa shape index (κ2) is 8.02. The van der Waals surface area contributed by atoms with Crippen LogP contribution in [-0.4, -0.2) is 0 Å². The van der Waals surface area contributed by atoms with Crippen LogP contribution in [0.2, 0.25) is 0 Å². The summed E-state index contributed by atoms with van der Waals surface area (Å²) in [5.74, 6) is 1.57. The summed E-state index contributed by atoms with van der Waals surface area (Å²) in [5.41, 5.74) is 3.07. The Morgan fingerprint density at radius 2 is 2.30 bits per heavy atom. The van der Waals surface area contributed by atoms with Crippen LogP contribution >= 0.6 is 22.6 Å². The second-order valence-electron chi connectivity index (χ2n) is 5.77. The average molecular weight is 380 g/mol. The zero-order valence-corrected chi connectivity index (χ0v) is 14.6. The first-order chi connectivity index (χ1) is 9.74. The van der Waals surface area contributed by atoms with Crippen LogP contribution < -0.4 is 0 Å². The smallest absolute Gasteiger partial charge is 0.00958 e. The average Bonchev–Trinajstić information content (AvgIpc) is 2.48. The molecule has 0 N–H and O–H groups in total. The molecule has 0 aromatic heterocycles. The molecule has 2 atom stereocenters. The molecular weight excluding hydrogens is 355 g/mol. The van der Waals surface area contributed by atoms with E-state index in [2.05, 4.69) is 66.5 Å². The highest BCUT2D eigenvalue weighted by atomic mass is 127. The molecule has 0 fully saturated rings. The summed E-state index contributed by atoms with van der Waals surface area (Å²) < 4.78 is 1.42. The summed E-state index contributed by atoms with van der Waals surface area (Å²) in [7, 11) is 0. The molecule has 2 aliphatic carbocycles. The molecule has 0 heterocycles. The van der Waals surface area contributed by atoms with E-state index in [9.17, 15) is 0 Å². The number of hydrogen-bond acceptors (Lipinski definition) is 0. The van der Waals surface area contributed by atoms with Gasteiger partial charge >= 0.3 is 0 Å². The molecule has 0 aromatic carbocycles. The molecule has 1 heteroatoms. The fourth-order valence-electron chi connectivity index (χ4n) is 3.27. The molecule has 0 spiro atoms. The van der Waals surface area contributed by atoms with Gasteiger partial charge < -0.3 is 0 Å². The van der Waals surface area contributed by atoms with Gasteiger partial charge in [-0.2, -0.15) is 0 Å². The van der Waals surface area contributed by atoms with E-state index in [1.165, 1.54) is 34.8 Å². The second-order valence-corrected chi connectivity index (χ2v) is 7.02. The van der Waals surface area contributed by atoms with Crippen LogP contribution in [0.3, 0.4) is 0 Å². The lowest BCUT2D eigenvalue weighted by molar-refractivity contribution is 0.360. The lowest BCUT2D eigenvalue weighted by Crippen LogP contribution is -2.17. The van der Waals surface area contributed by atoms with Gasteiger partial charge in [-0.1, -0.05) is 30.4 Å². The zero-order valence-electron chi connectivity index (χ0n) is 12.4. The molecule has 0 saturated carbocycles. The quantitative estimate of drug-likeness (QED) is 0.376. The van der Waals surface area contributed by atoms with E-state index >= 15 is 0 Å². The Labute approximate surface area is 137 Å². The Morgan fingerprint density at radius 1 is 1.45 bits per heavy atom. The predicted octanol–water partition coefficient (Wildman–Crippen LogP) is 6.52. The maximum Gasteiger partial charge on any atom is 0.00958 e. The van der Waals surface area contributed by atoms with Gasteiger partial charge in [0.2, 0.25) is 0 Å². The van der Waals surface area contributed by atoms with Gasteiger partial charge in [-0.25, -0.2) is 0 Å². The van der Waals surface area contributed by atoms with Crippen molar-refractivity contribution in [2.75, 3.05) is 0 Å². The van der Waals surface area contributed by atoms with Gasteiger partial charge in [0, 0.05) is 3.58 Å². The van der Waals surface area contributed by atoms with Crippen LogP contribution in [0.25, 0.3) is 0 Å².